The lowest BCUT2D eigenvalue weighted by Crippen LogP contribution is -2.12. The maximum atomic E-state index is 5.03. The van der Waals surface area contributed by atoms with Gasteiger partial charge in [0.05, 0.1) is 11.4 Å². The second-order valence-corrected chi connectivity index (χ2v) is 5.03. The summed E-state index contributed by atoms with van der Waals surface area (Å²) in [7, 11) is 0. The minimum absolute atomic E-state index is 0.0181. The Bertz CT molecular complexity index is 692. The fourth-order valence-corrected chi connectivity index (χ4v) is 2.61. The molecule has 3 rings (SSSR count). The van der Waals surface area contributed by atoms with E-state index in [-0.39, 0.29) is 6.04 Å². The molecule has 0 saturated carbocycles. The normalized spacial score (nSPS) is 12.7. The maximum absolute atomic E-state index is 5.03. The van der Waals surface area contributed by atoms with Crippen molar-refractivity contribution in [1.82, 2.24) is 20.1 Å². The molecule has 0 aliphatic rings. The van der Waals surface area contributed by atoms with E-state index in [2.05, 4.69) is 32.3 Å². The van der Waals surface area contributed by atoms with E-state index < -0.39 is 0 Å². The lowest BCUT2D eigenvalue weighted by atomic mass is 10.2. The minimum atomic E-state index is -0.0181. The molecule has 0 radical (unpaired) electrons. The Balaban J connectivity index is 1.92. The van der Waals surface area contributed by atoms with Crippen LogP contribution in [-0.2, 0) is 0 Å². The maximum Gasteiger partial charge on any atom is 0.223 e. The number of aryl methyl sites for hydroxylation is 1. The van der Waals surface area contributed by atoms with Crippen LogP contribution in [0.15, 0.2) is 22.3 Å². The van der Waals surface area contributed by atoms with E-state index in [0.29, 0.717) is 11.7 Å². The van der Waals surface area contributed by atoms with Crippen LogP contribution in [0.2, 0.25) is 0 Å². The zero-order valence-corrected chi connectivity index (χ0v) is 11.4. The molecular formula is C12H13N5OS. The zero-order valence-electron chi connectivity index (χ0n) is 10.6. The Kier molecular flexibility index (Phi) is 3.12. The van der Waals surface area contributed by atoms with E-state index in [4.69, 9.17) is 4.52 Å². The number of thiophene rings is 1. The molecule has 0 aromatic carbocycles. The molecule has 0 fully saturated rings. The summed E-state index contributed by atoms with van der Waals surface area (Å²) >= 11 is 1.60. The van der Waals surface area contributed by atoms with Crippen molar-refractivity contribution >= 4 is 27.4 Å². The van der Waals surface area contributed by atoms with Crippen LogP contribution in [0.5, 0.6) is 0 Å². The van der Waals surface area contributed by atoms with Gasteiger partial charge in [-0.1, -0.05) is 12.1 Å². The Morgan fingerprint density at radius 1 is 1.42 bits per heavy atom. The third-order valence-corrected chi connectivity index (χ3v) is 3.66. The van der Waals surface area contributed by atoms with Crippen molar-refractivity contribution in [3.63, 3.8) is 0 Å². The molecule has 0 bridgehead atoms. The van der Waals surface area contributed by atoms with Crippen LogP contribution in [0.25, 0.3) is 10.2 Å². The molecule has 0 spiro atoms. The fourth-order valence-electron chi connectivity index (χ4n) is 1.88. The predicted molar refractivity (Wildman–Crippen MR) is 73.1 cm³/mol. The van der Waals surface area contributed by atoms with E-state index >= 15 is 0 Å². The minimum Gasteiger partial charge on any atom is -0.359 e. The van der Waals surface area contributed by atoms with Crippen molar-refractivity contribution in [1.29, 1.82) is 0 Å². The van der Waals surface area contributed by atoms with Gasteiger partial charge < -0.3 is 9.84 Å². The van der Waals surface area contributed by atoms with Crippen molar-refractivity contribution in [2.75, 3.05) is 5.32 Å². The Morgan fingerprint density at radius 3 is 3.05 bits per heavy atom. The van der Waals surface area contributed by atoms with Gasteiger partial charge >= 0.3 is 0 Å². The first-order valence-electron chi connectivity index (χ1n) is 6.03. The van der Waals surface area contributed by atoms with Gasteiger partial charge in [-0.3, -0.25) is 0 Å². The van der Waals surface area contributed by atoms with Crippen molar-refractivity contribution in [2.24, 2.45) is 0 Å². The molecule has 0 amide bonds. The topological polar surface area (TPSA) is 76.7 Å². The molecule has 1 N–H and O–H groups in total. The van der Waals surface area contributed by atoms with Gasteiger partial charge in [-0.2, -0.15) is 4.98 Å². The molecule has 6 nitrogen and oxygen atoms in total. The van der Waals surface area contributed by atoms with Gasteiger partial charge in [-0.15, -0.1) is 11.3 Å². The van der Waals surface area contributed by atoms with Gasteiger partial charge in [-0.25, -0.2) is 9.97 Å². The van der Waals surface area contributed by atoms with Crippen LogP contribution >= 0.6 is 11.3 Å². The summed E-state index contributed by atoms with van der Waals surface area (Å²) in [6, 6.07) is 1.99. The first kappa shape index (κ1) is 12.0. The number of nitrogens with one attached hydrogen (secondary N) is 1. The first-order valence-corrected chi connectivity index (χ1v) is 6.91. The molecule has 98 valence electrons. The van der Waals surface area contributed by atoms with Crippen molar-refractivity contribution < 1.29 is 4.52 Å². The smallest absolute Gasteiger partial charge is 0.223 e. The number of aromatic nitrogens is 4. The number of nitrogens with zero attached hydrogens (tertiary/aromatic N) is 4. The number of rotatable bonds is 4. The highest BCUT2D eigenvalue weighted by Gasteiger charge is 2.17. The summed E-state index contributed by atoms with van der Waals surface area (Å²) in [6.45, 7) is 3.85. The highest BCUT2D eigenvalue weighted by Crippen LogP contribution is 2.27. The van der Waals surface area contributed by atoms with E-state index in [9.17, 15) is 0 Å². The van der Waals surface area contributed by atoms with Crippen LogP contribution in [0, 0.1) is 6.92 Å². The van der Waals surface area contributed by atoms with Gasteiger partial charge in [0.2, 0.25) is 5.89 Å². The summed E-state index contributed by atoms with van der Waals surface area (Å²) in [5.74, 6) is 2.03. The van der Waals surface area contributed by atoms with Crippen LogP contribution < -0.4 is 5.32 Å². The van der Waals surface area contributed by atoms with E-state index in [0.717, 1.165) is 22.5 Å². The molecule has 1 unspecified atom stereocenters. The number of fused-ring (bicyclic) bond motifs is 1. The van der Waals surface area contributed by atoms with Gasteiger partial charge in [0, 0.05) is 6.92 Å². The fraction of sp³-hybridized carbons (Fsp3) is 0.333. The molecular weight excluding hydrogens is 262 g/mol. The Hall–Kier alpha value is -2.02. The summed E-state index contributed by atoms with van der Waals surface area (Å²) in [6.07, 6.45) is 2.41. The summed E-state index contributed by atoms with van der Waals surface area (Å²) < 4.78 is 5.03. The van der Waals surface area contributed by atoms with Crippen molar-refractivity contribution in [2.45, 2.75) is 26.3 Å². The standard InChI is InChI=1S/C12H13N5OS/c1-3-9(11-15-7(2)18-17-11)16-10-8-4-5-19-12(8)14-6-13-10/h4-6,9H,3H2,1-2H3,(H,13,14,16). The number of hydrogen-bond acceptors (Lipinski definition) is 7. The molecule has 0 aliphatic heterocycles. The van der Waals surface area contributed by atoms with Gasteiger partial charge in [-0.05, 0) is 17.9 Å². The lowest BCUT2D eigenvalue weighted by molar-refractivity contribution is 0.384. The lowest BCUT2D eigenvalue weighted by Gasteiger charge is -2.14. The average Bonchev–Trinajstić information content (AvgIpc) is 3.04. The molecule has 1 atom stereocenters. The second kappa shape index (κ2) is 4.93. The second-order valence-electron chi connectivity index (χ2n) is 4.14. The molecule has 7 heteroatoms. The summed E-state index contributed by atoms with van der Waals surface area (Å²) in [5.41, 5.74) is 0. The van der Waals surface area contributed by atoms with Crippen LogP contribution in [0.1, 0.15) is 31.1 Å². The summed E-state index contributed by atoms with van der Waals surface area (Å²) in [4.78, 5) is 13.8. The molecule has 3 aromatic heterocycles. The largest absolute Gasteiger partial charge is 0.359 e. The number of anilines is 1. The SMILES string of the molecule is CCC(Nc1ncnc2sccc12)c1noc(C)n1. The highest BCUT2D eigenvalue weighted by molar-refractivity contribution is 7.16. The Labute approximate surface area is 113 Å². The molecule has 3 aromatic rings. The molecule has 0 saturated heterocycles. The van der Waals surface area contributed by atoms with E-state index in [1.54, 1.807) is 24.6 Å². The Morgan fingerprint density at radius 2 is 2.32 bits per heavy atom. The molecule has 19 heavy (non-hydrogen) atoms. The van der Waals surface area contributed by atoms with Crippen LogP contribution in [0.3, 0.4) is 0 Å². The third kappa shape index (κ3) is 2.28. The van der Waals surface area contributed by atoms with E-state index in [1.807, 2.05) is 11.4 Å². The highest BCUT2D eigenvalue weighted by atomic mass is 32.1. The average molecular weight is 275 g/mol. The third-order valence-electron chi connectivity index (χ3n) is 2.84. The van der Waals surface area contributed by atoms with Crippen molar-refractivity contribution in [3.8, 4) is 0 Å². The van der Waals surface area contributed by atoms with E-state index in [1.165, 1.54) is 0 Å². The first-order chi connectivity index (χ1) is 9.28. The van der Waals surface area contributed by atoms with Crippen LogP contribution in [0.4, 0.5) is 5.82 Å². The van der Waals surface area contributed by atoms with Crippen LogP contribution in [-0.4, -0.2) is 20.1 Å². The van der Waals surface area contributed by atoms with Gasteiger partial charge in [0.15, 0.2) is 5.82 Å². The molecule has 3 heterocycles. The summed E-state index contributed by atoms with van der Waals surface area (Å²) in [5, 5.41) is 10.3. The zero-order chi connectivity index (χ0) is 13.2. The predicted octanol–water partition coefficient (Wildman–Crippen LogP) is 2.95. The number of hydrogen-bond donors (Lipinski definition) is 1. The quantitative estimate of drug-likeness (QED) is 0.788. The van der Waals surface area contributed by atoms with Crippen molar-refractivity contribution in [3.05, 3.63) is 29.5 Å². The monoisotopic (exact) mass is 275 g/mol. The van der Waals surface area contributed by atoms with Gasteiger partial charge in [0.1, 0.15) is 17.0 Å². The molecule has 0 aliphatic carbocycles. The van der Waals surface area contributed by atoms with Gasteiger partial charge in [0.25, 0.3) is 0 Å².